The number of fused-ring (bicyclic) bond motifs is 1. The smallest absolute Gasteiger partial charge is 0.239 e. The van der Waals surface area contributed by atoms with Crippen molar-refractivity contribution in [3.05, 3.63) is 72.1 Å². The molecule has 5 rings (SSSR count). The molecule has 7 nitrogen and oxygen atoms in total. The van der Waals surface area contributed by atoms with E-state index in [0.29, 0.717) is 12.5 Å². The summed E-state index contributed by atoms with van der Waals surface area (Å²) in [6.07, 6.45) is 5.38. The Kier molecular flexibility index (Phi) is 4.41. The molecule has 3 aromatic heterocycles. The Balaban J connectivity index is 1.68. The Morgan fingerprint density at radius 3 is 2.47 bits per heavy atom. The number of nitrogens with two attached hydrogens (primary N) is 1. The first-order valence-corrected chi connectivity index (χ1v) is 11.4. The summed E-state index contributed by atoms with van der Waals surface area (Å²) in [7, 11) is -3.77. The number of sulfonamides is 1. The molecule has 1 aliphatic rings. The fraction of sp³-hybridized carbons (Fsp3) is 0.227. The lowest BCUT2D eigenvalue weighted by Crippen LogP contribution is -2.13. The molecule has 1 saturated carbocycles. The number of primary sulfonamides is 1. The number of pyridine rings is 2. The van der Waals surface area contributed by atoms with Gasteiger partial charge in [0.2, 0.25) is 10.0 Å². The van der Waals surface area contributed by atoms with Crippen molar-refractivity contribution in [1.82, 2.24) is 19.5 Å². The standard InChI is InChI=1S/C22H21N5O2S/c1-14-20(15-5-3-2-4-6-15)21-19(12-24-14)26-22(16-7-8-16)27(21)13-17-9-10-18(11-25-17)30(23,28)29/h2-6,9-12,16H,7-8,13H2,1H3,(H2,23,28,29). The van der Waals surface area contributed by atoms with Crippen LogP contribution in [0.1, 0.15) is 36.0 Å². The van der Waals surface area contributed by atoms with Crippen LogP contribution in [0.4, 0.5) is 0 Å². The minimum atomic E-state index is -3.77. The third-order valence-electron chi connectivity index (χ3n) is 5.45. The number of hydrogen-bond acceptors (Lipinski definition) is 5. The first-order chi connectivity index (χ1) is 14.4. The van der Waals surface area contributed by atoms with E-state index in [0.717, 1.165) is 52.2 Å². The molecule has 0 amide bonds. The van der Waals surface area contributed by atoms with Gasteiger partial charge in [0.25, 0.3) is 0 Å². The zero-order valence-corrected chi connectivity index (χ0v) is 17.3. The molecule has 0 aliphatic heterocycles. The fourth-order valence-electron chi connectivity index (χ4n) is 3.83. The van der Waals surface area contributed by atoms with Gasteiger partial charge in [0.05, 0.1) is 24.0 Å². The lowest BCUT2D eigenvalue weighted by molar-refractivity contribution is 0.597. The number of hydrogen-bond donors (Lipinski definition) is 1. The summed E-state index contributed by atoms with van der Waals surface area (Å²) in [6.45, 7) is 2.51. The Bertz CT molecular complexity index is 1340. The molecular formula is C22H21N5O2S. The van der Waals surface area contributed by atoms with Crippen molar-refractivity contribution in [2.24, 2.45) is 5.14 Å². The first-order valence-electron chi connectivity index (χ1n) is 9.80. The normalized spacial score (nSPS) is 14.3. The second kappa shape index (κ2) is 7.00. The fourth-order valence-corrected chi connectivity index (χ4v) is 4.29. The Labute approximate surface area is 174 Å². The third-order valence-corrected chi connectivity index (χ3v) is 6.35. The maximum absolute atomic E-state index is 11.5. The van der Waals surface area contributed by atoms with Gasteiger partial charge in [-0.05, 0) is 37.5 Å². The third kappa shape index (κ3) is 3.38. The molecule has 3 heterocycles. The summed E-state index contributed by atoms with van der Waals surface area (Å²) < 4.78 is 25.3. The van der Waals surface area contributed by atoms with E-state index >= 15 is 0 Å². The van der Waals surface area contributed by atoms with Crippen molar-refractivity contribution in [2.75, 3.05) is 0 Å². The van der Waals surface area contributed by atoms with Crippen molar-refractivity contribution in [2.45, 2.75) is 37.1 Å². The van der Waals surface area contributed by atoms with Crippen molar-refractivity contribution in [1.29, 1.82) is 0 Å². The van der Waals surface area contributed by atoms with Gasteiger partial charge in [-0.3, -0.25) is 9.97 Å². The molecule has 0 bridgehead atoms. The summed E-state index contributed by atoms with van der Waals surface area (Å²) in [5.41, 5.74) is 5.74. The predicted octanol–water partition coefficient (Wildman–Crippen LogP) is 3.37. The van der Waals surface area contributed by atoms with Crippen molar-refractivity contribution in [3.8, 4) is 11.1 Å². The van der Waals surface area contributed by atoms with Gasteiger partial charge in [-0.15, -0.1) is 0 Å². The van der Waals surface area contributed by atoms with Crippen LogP contribution < -0.4 is 5.14 Å². The Morgan fingerprint density at radius 1 is 1.07 bits per heavy atom. The first kappa shape index (κ1) is 18.9. The molecule has 0 saturated heterocycles. The second-order valence-corrected chi connectivity index (χ2v) is 9.24. The maximum Gasteiger partial charge on any atom is 0.239 e. The highest BCUT2D eigenvalue weighted by Crippen LogP contribution is 2.42. The van der Waals surface area contributed by atoms with E-state index in [4.69, 9.17) is 10.1 Å². The summed E-state index contributed by atoms with van der Waals surface area (Å²) in [5, 5.41) is 5.20. The van der Waals surface area contributed by atoms with E-state index in [1.807, 2.05) is 31.3 Å². The summed E-state index contributed by atoms with van der Waals surface area (Å²) >= 11 is 0. The summed E-state index contributed by atoms with van der Waals surface area (Å²) in [5.74, 6) is 1.47. The quantitative estimate of drug-likeness (QED) is 0.534. The number of aryl methyl sites for hydroxylation is 1. The highest BCUT2D eigenvalue weighted by molar-refractivity contribution is 7.89. The number of aromatic nitrogens is 4. The molecule has 4 aromatic rings. The molecule has 8 heteroatoms. The molecule has 152 valence electrons. The molecule has 30 heavy (non-hydrogen) atoms. The number of benzene rings is 1. The Morgan fingerprint density at radius 2 is 1.83 bits per heavy atom. The number of imidazole rings is 1. The predicted molar refractivity (Wildman–Crippen MR) is 114 cm³/mol. The molecule has 1 aliphatic carbocycles. The van der Waals surface area contributed by atoms with Crippen LogP contribution in [0.25, 0.3) is 22.2 Å². The molecule has 0 atom stereocenters. The monoisotopic (exact) mass is 419 g/mol. The van der Waals surface area contributed by atoms with E-state index in [9.17, 15) is 8.42 Å². The van der Waals surface area contributed by atoms with Gasteiger partial charge in [0.1, 0.15) is 16.2 Å². The van der Waals surface area contributed by atoms with Crippen molar-refractivity contribution >= 4 is 21.1 Å². The van der Waals surface area contributed by atoms with E-state index < -0.39 is 10.0 Å². The summed E-state index contributed by atoms with van der Waals surface area (Å²) in [6, 6.07) is 13.4. The minimum Gasteiger partial charge on any atom is -0.321 e. The van der Waals surface area contributed by atoms with E-state index in [-0.39, 0.29) is 4.90 Å². The largest absolute Gasteiger partial charge is 0.321 e. The number of nitrogens with zero attached hydrogens (tertiary/aromatic N) is 4. The molecule has 0 spiro atoms. The lowest BCUT2D eigenvalue weighted by atomic mass is 10.0. The van der Waals surface area contributed by atoms with Gasteiger partial charge in [0, 0.05) is 23.4 Å². The van der Waals surface area contributed by atoms with Crippen LogP contribution in [0.3, 0.4) is 0 Å². The van der Waals surface area contributed by atoms with Crippen LogP contribution in [0, 0.1) is 6.92 Å². The second-order valence-electron chi connectivity index (χ2n) is 7.68. The molecule has 1 fully saturated rings. The molecule has 0 unspecified atom stereocenters. The zero-order chi connectivity index (χ0) is 20.9. The number of rotatable bonds is 5. The molecule has 2 N–H and O–H groups in total. The van der Waals surface area contributed by atoms with Gasteiger partial charge in [-0.2, -0.15) is 0 Å². The Hall–Kier alpha value is -3.10. The van der Waals surface area contributed by atoms with E-state index in [2.05, 4.69) is 26.7 Å². The van der Waals surface area contributed by atoms with Crippen LogP contribution >= 0.6 is 0 Å². The molecule has 0 radical (unpaired) electrons. The zero-order valence-electron chi connectivity index (χ0n) is 16.5. The van der Waals surface area contributed by atoms with Crippen molar-refractivity contribution in [3.63, 3.8) is 0 Å². The van der Waals surface area contributed by atoms with E-state index in [1.54, 1.807) is 6.07 Å². The SMILES string of the molecule is Cc1ncc2nc(C3CC3)n(Cc3ccc(S(N)(=O)=O)cn3)c2c1-c1ccccc1. The van der Waals surface area contributed by atoms with Crippen LogP contribution in [-0.4, -0.2) is 27.9 Å². The van der Waals surface area contributed by atoms with Gasteiger partial charge < -0.3 is 4.57 Å². The van der Waals surface area contributed by atoms with Crippen molar-refractivity contribution < 1.29 is 8.42 Å². The molecule has 1 aromatic carbocycles. The average molecular weight is 420 g/mol. The van der Waals surface area contributed by atoms with Crippen LogP contribution in [0.15, 0.2) is 59.8 Å². The molecular weight excluding hydrogens is 398 g/mol. The highest BCUT2D eigenvalue weighted by Gasteiger charge is 2.31. The average Bonchev–Trinajstić information content (AvgIpc) is 3.51. The summed E-state index contributed by atoms with van der Waals surface area (Å²) in [4.78, 5) is 13.9. The van der Waals surface area contributed by atoms with Gasteiger partial charge >= 0.3 is 0 Å². The maximum atomic E-state index is 11.5. The minimum absolute atomic E-state index is 0.00849. The lowest BCUT2D eigenvalue weighted by Gasteiger charge is -2.13. The van der Waals surface area contributed by atoms with Crippen LogP contribution in [0.2, 0.25) is 0 Å². The van der Waals surface area contributed by atoms with Gasteiger partial charge in [-0.25, -0.2) is 18.5 Å². The van der Waals surface area contributed by atoms with Gasteiger partial charge in [0.15, 0.2) is 0 Å². The van der Waals surface area contributed by atoms with Crippen LogP contribution in [-0.2, 0) is 16.6 Å². The van der Waals surface area contributed by atoms with Crippen LogP contribution in [0.5, 0.6) is 0 Å². The van der Waals surface area contributed by atoms with E-state index in [1.165, 1.54) is 12.3 Å². The topological polar surface area (TPSA) is 104 Å². The van der Waals surface area contributed by atoms with Gasteiger partial charge in [-0.1, -0.05) is 30.3 Å². The highest BCUT2D eigenvalue weighted by atomic mass is 32.2.